The Bertz CT molecular complexity index is 834. The molecule has 1 N–H and O–H groups in total. The Hall–Kier alpha value is -2.84. The van der Waals surface area contributed by atoms with Crippen LogP contribution in [0, 0.1) is 0 Å². The van der Waals surface area contributed by atoms with Gasteiger partial charge in [0.2, 0.25) is 0 Å². The molecule has 0 saturated heterocycles. The van der Waals surface area contributed by atoms with Gasteiger partial charge in [-0.05, 0) is 46.4 Å². The molecule has 0 radical (unpaired) electrons. The van der Waals surface area contributed by atoms with Gasteiger partial charge in [-0.3, -0.25) is 0 Å². The zero-order chi connectivity index (χ0) is 18.2. The van der Waals surface area contributed by atoms with Gasteiger partial charge in [0, 0.05) is 0 Å². The first-order valence-corrected chi connectivity index (χ1v) is 9.01. The third-order valence-electron chi connectivity index (χ3n) is 4.34. The highest BCUT2D eigenvalue weighted by molar-refractivity contribution is 5.98. The van der Waals surface area contributed by atoms with Crippen LogP contribution in [0.1, 0.15) is 30.0 Å². The summed E-state index contributed by atoms with van der Waals surface area (Å²) in [6, 6.07) is 29.2. The van der Waals surface area contributed by atoms with Crippen molar-refractivity contribution in [3.8, 4) is 5.75 Å². The quantitative estimate of drug-likeness (QED) is 0.579. The van der Waals surface area contributed by atoms with Crippen LogP contribution in [0.25, 0.3) is 11.1 Å². The summed E-state index contributed by atoms with van der Waals surface area (Å²) in [7, 11) is 0. The molecule has 0 aliphatic carbocycles. The number of ether oxygens (including phenoxy) is 1. The lowest BCUT2D eigenvalue weighted by atomic mass is 9.88. The normalized spacial score (nSPS) is 11.8. The largest absolute Gasteiger partial charge is 0.491 e. The number of benzene rings is 3. The van der Waals surface area contributed by atoms with Crippen LogP contribution in [0.5, 0.6) is 5.75 Å². The molecule has 0 aliphatic heterocycles. The standard InChI is InChI=1S/C24H24O2/c1-2-23(19-9-5-3-6-10-19)24(20-11-7-4-8-12-20)21-13-15-22(16-14-21)26-18-17-25/h3-16,25H,2,17-18H2,1H3. The predicted octanol–water partition coefficient (Wildman–Crippen LogP) is 5.43. The fraction of sp³-hybridized carbons (Fsp3) is 0.167. The van der Waals surface area contributed by atoms with Gasteiger partial charge in [0.25, 0.3) is 0 Å². The fourth-order valence-electron chi connectivity index (χ4n) is 3.17. The predicted molar refractivity (Wildman–Crippen MR) is 108 cm³/mol. The smallest absolute Gasteiger partial charge is 0.119 e. The molecule has 2 heteroatoms. The molecule has 26 heavy (non-hydrogen) atoms. The molecule has 0 aromatic heterocycles. The van der Waals surface area contributed by atoms with Gasteiger partial charge in [0.15, 0.2) is 0 Å². The highest BCUT2D eigenvalue weighted by Crippen LogP contribution is 2.34. The minimum atomic E-state index is 0.0188. The lowest BCUT2D eigenvalue weighted by molar-refractivity contribution is 0.201. The Kier molecular flexibility index (Phi) is 6.24. The zero-order valence-corrected chi connectivity index (χ0v) is 15.1. The second-order valence-corrected chi connectivity index (χ2v) is 6.04. The molecule has 0 aliphatic rings. The highest BCUT2D eigenvalue weighted by atomic mass is 16.5. The maximum Gasteiger partial charge on any atom is 0.119 e. The summed E-state index contributed by atoms with van der Waals surface area (Å²) in [5.41, 5.74) is 6.17. The van der Waals surface area contributed by atoms with Crippen LogP contribution in [0.3, 0.4) is 0 Å². The van der Waals surface area contributed by atoms with E-state index in [1.807, 2.05) is 24.3 Å². The number of rotatable bonds is 7. The minimum Gasteiger partial charge on any atom is -0.491 e. The van der Waals surface area contributed by atoms with Crippen molar-refractivity contribution in [2.24, 2.45) is 0 Å². The molecule has 3 aromatic rings. The fourth-order valence-corrected chi connectivity index (χ4v) is 3.17. The number of aliphatic hydroxyl groups is 1. The number of hydrogen-bond acceptors (Lipinski definition) is 2. The molecule has 0 saturated carbocycles. The Morgan fingerprint density at radius 3 is 1.81 bits per heavy atom. The Morgan fingerprint density at radius 2 is 1.27 bits per heavy atom. The monoisotopic (exact) mass is 344 g/mol. The van der Waals surface area contributed by atoms with Crippen LogP contribution < -0.4 is 4.74 Å². The first-order chi connectivity index (χ1) is 12.8. The van der Waals surface area contributed by atoms with E-state index in [4.69, 9.17) is 9.84 Å². The van der Waals surface area contributed by atoms with Crippen molar-refractivity contribution in [3.63, 3.8) is 0 Å². The first-order valence-electron chi connectivity index (χ1n) is 9.01. The molecule has 0 fully saturated rings. The first kappa shape index (κ1) is 18.0. The minimum absolute atomic E-state index is 0.0188. The van der Waals surface area contributed by atoms with E-state index in [9.17, 15) is 0 Å². The number of allylic oxidation sites excluding steroid dienone is 1. The molecule has 0 heterocycles. The van der Waals surface area contributed by atoms with Crippen molar-refractivity contribution >= 4 is 11.1 Å². The van der Waals surface area contributed by atoms with Crippen LogP contribution in [0.4, 0.5) is 0 Å². The van der Waals surface area contributed by atoms with E-state index >= 15 is 0 Å². The van der Waals surface area contributed by atoms with Crippen LogP contribution in [-0.4, -0.2) is 18.3 Å². The van der Waals surface area contributed by atoms with E-state index < -0.39 is 0 Å². The summed E-state index contributed by atoms with van der Waals surface area (Å²) >= 11 is 0. The molecule has 0 spiro atoms. The average molecular weight is 344 g/mol. The SMILES string of the molecule is CCC(=C(c1ccccc1)c1ccc(OCCO)cc1)c1ccccc1. The Labute approximate surface area is 155 Å². The van der Waals surface area contributed by atoms with Crippen molar-refractivity contribution in [3.05, 3.63) is 102 Å². The van der Waals surface area contributed by atoms with Crippen molar-refractivity contribution < 1.29 is 9.84 Å². The number of hydrogen-bond donors (Lipinski definition) is 1. The molecule has 3 aromatic carbocycles. The van der Waals surface area contributed by atoms with E-state index in [-0.39, 0.29) is 6.61 Å². The highest BCUT2D eigenvalue weighted by Gasteiger charge is 2.12. The second kappa shape index (κ2) is 9.02. The van der Waals surface area contributed by atoms with E-state index in [1.165, 1.54) is 22.3 Å². The van der Waals surface area contributed by atoms with Gasteiger partial charge < -0.3 is 9.84 Å². The zero-order valence-electron chi connectivity index (χ0n) is 15.1. The van der Waals surface area contributed by atoms with Crippen LogP contribution >= 0.6 is 0 Å². The van der Waals surface area contributed by atoms with Gasteiger partial charge in [-0.1, -0.05) is 79.7 Å². The summed E-state index contributed by atoms with van der Waals surface area (Å²) in [5, 5.41) is 8.92. The molecule has 0 amide bonds. The molecule has 0 bridgehead atoms. The van der Waals surface area contributed by atoms with Gasteiger partial charge in [-0.15, -0.1) is 0 Å². The molecule has 0 atom stereocenters. The number of aliphatic hydroxyl groups excluding tert-OH is 1. The molecule has 0 unspecified atom stereocenters. The summed E-state index contributed by atoms with van der Waals surface area (Å²) in [5.74, 6) is 0.771. The maximum atomic E-state index is 8.92. The Balaban J connectivity index is 2.11. The van der Waals surface area contributed by atoms with Gasteiger partial charge in [0.05, 0.1) is 6.61 Å². The second-order valence-electron chi connectivity index (χ2n) is 6.04. The molecular weight excluding hydrogens is 320 g/mol. The van der Waals surface area contributed by atoms with Crippen molar-refractivity contribution in [2.75, 3.05) is 13.2 Å². The van der Waals surface area contributed by atoms with Crippen LogP contribution in [0.2, 0.25) is 0 Å². The summed E-state index contributed by atoms with van der Waals surface area (Å²) in [6.07, 6.45) is 0.941. The van der Waals surface area contributed by atoms with Crippen LogP contribution in [-0.2, 0) is 0 Å². The van der Waals surface area contributed by atoms with Crippen molar-refractivity contribution in [1.82, 2.24) is 0 Å². The molecule has 3 rings (SSSR count). The van der Waals surface area contributed by atoms with Gasteiger partial charge >= 0.3 is 0 Å². The topological polar surface area (TPSA) is 29.5 Å². The van der Waals surface area contributed by atoms with E-state index in [0.29, 0.717) is 6.61 Å². The molecule has 2 nitrogen and oxygen atoms in total. The third-order valence-corrected chi connectivity index (χ3v) is 4.34. The lowest BCUT2D eigenvalue weighted by Crippen LogP contribution is -2.01. The van der Waals surface area contributed by atoms with Crippen LogP contribution in [0.15, 0.2) is 84.9 Å². The van der Waals surface area contributed by atoms with E-state index in [0.717, 1.165) is 17.7 Å². The molecule has 132 valence electrons. The van der Waals surface area contributed by atoms with Crippen molar-refractivity contribution in [2.45, 2.75) is 13.3 Å². The lowest BCUT2D eigenvalue weighted by Gasteiger charge is -2.16. The van der Waals surface area contributed by atoms with Gasteiger partial charge in [-0.25, -0.2) is 0 Å². The van der Waals surface area contributed by atoms with E-state index in [1.54, 1.807) is 0 Å². The Morgan fingerprint density at radius 1 is 0.731 bits per heavy atom. The average Bonchev–Trinajstić information content (AvgIpc) is 2.72. The summed E-state index contributed by atoms with van der Waals surface area (Å²) in [4.78, 5) is 0. The van der Waals surface area contributed by atoms with E-state index in [2.05, 4.69) is 67.6 Å². The van der Waals surface area contributed by atoms with Crippen molar-refractivity contribution in [1.29, 1.82) is 0 Å². The van der Waals surface area contributed by atoms with Gasteiger partial charge in [0.1, 0.15) is 12.4 Å². The summed E-state index contributed by atoms with van der Waals surface area (Å²) in [6.45, 7) is 2.53. The summed E-state index contributed by atoms with van der Waals surface area (Å²) < 4.78 is 5.50. The van der Waals surface area contributed by atoms with Gasteiger partial charge in [-0.2, -0.15) is 0 Å². The third kappa shape index (κ3) is 4.22. The molecular formula is C24H24O2. The maximum absolute atomic E-state index is 8.92.